The molecule has 2 aromatic carbocycles. The predicted octanol–water partition coefficient (Wildman–Crippen LogP) is 7.66. The molecule has 32 heavy (non-hydrogen) atoms. The molecule has 0 saturated carbocycles. The van der Waals surface area contributed by atoms with Crippen LogP contribution in [0.1, 0.15) is 81.4 Å². The Morgan fingerprint density at radius 1 is 0.812 bits per heavy atom. The zero-order valence-corrected chi connectivity index (χ0v) is 21.6. The molecule has 2 aromatic rings. The van der Waals surface area contributed by atoms with Crippen LogP contribution in [0, 0.1) is 0 Å². The highest BCUT2D eigenvalue weighted by molar-refractivity contribution is 5.85. The summed E-state index contributed by atoms with van der Waals surface area (Å²) >= 11 is 0. The van der Waals surface area contributed by atoms with Gasteiger partial charge in [-0.15, -0.1) is 24.8 Å². The average Bonchev–Trinajstić information content (AvgIpc) is 2.78. The lowest BCUT2D eigenvalue weighted by Gasteiger charge is -2.35. The lowest BCUT2D eigenvalue weighted by molar-refractivity contribution is 0.176. The second-order valence-corrected chi connectivity index (χ2v) is 9.13. The van der Waals surface area contributed by atoms with Crippen LogP contribution in [0.3, 0.4) is 0 Å². The van der Waals surface area contributed by atoms with Gasteiger partial charge in [0.15, 0.2) is 0 Å². The number of fused-ring (bicyclic) bond motifs is 1. The van der Waals surface area contributed by atoms with Crippen molar-refractivity contribution in [3.8, 4) is 0 Å². The fourth-order valence-electron chi connectivity index (χ4n) is 5.07. The van der Waals surface area contributed by atoms with Gasteiger partial charge in [-0.05, 0) is 80.8 Å². The van der Waals surface area contributed by atoms with Gasteiger partial charge in [-0.2, -0.15) is 0 Å². The summed E-state index contributed by atoms with van der Waals surface area (Å²) in [7, 11) is 0. The maximum atomic E-state index is 6.19. The molecule has 0 amide bonds. The van der Waals surface area contributed by atoms with Gasteiger partial charge in [0.25, 0.3) is 0 Å². The van der Waals surface area contributed by atoms with E-state index >= 15 is 0 Å². The average molecular weight is 480 g/mol. The number of halogens is 2. The number of aryl methyl sites for hydroxylation is 1. The summed E-state index contributed by atoms with van der Waals surface area (Å²) < 4.78 is 0. The summed E-state index contributed by atoms with van der Waals surface area (Å²) in [6.45, 7) is 4.82. The van der Waals surface area contributed by atoms with Crippen LogP contribution in [0.15, 0.2) is 48.5 Å². The van der Waals surface area contributed by atoms with Crippen LogP contribution < -0.4 is 5.73 Å². The Bertz CT molecular complexity index is 735. The first-order valence-electron chi connectivity index (χ1n) is 12.4. The Morgan fingerprint density at radius 3 is 2.22 bits per heavy atom. The van der Waals surface area contributed by atoms with Crippen molar-refractivity contribution in [3.63, 3.8) is 0 Å². The molecule has 1 unspecified atom stereocenters. The van der Waals surface area contributed by atoms with Gasteiger partial charge in [-0.25, -0.2) is 0 Å². The Morgan fingerprint density at radius 2 is 1.50 bits per heavy atom. The standard InChI is InChI=1S/C28H42N2.2ClH/c1-2-21-30(26-19-20-27-25(23-26)17-13-18-28(27)29)22-12-7-5-3-4-6-9-14-24-15-10-8-11-16-24;;/h8,10-11,13,15-18,26H,2-7,9,12,14,19-23,29H2,1H3;2*1H. The van der Waals surface area contributed by atoms with E-state index in [1.807, 2.05) is 0 Å². The van der Waals surface area contributed by atoms with E-state index in [0.29, 0.717) is 6.04 Å². The maximum Gasteiger partial charge on any atom is 0.0349 e. The van der Waals surface area contributed by atoms with Crippen LogP contribution in [0.25, 0.3) is 0 Å². The minimum atomic E-state index is 0. The summed E-state index contributed by atoms with van der Waals surface area (Å²) in [4.78, 5) is 2.77. The molecular weight excluding hydrogens is 435 g/mol. The molecular formula is C28H44Cl2N2. The number of nitrogens with two attached hydrogens (primary N) is 1. The van der Waals surface area contributed by atoms with Crippen LogP contribution in [-0.4, -0.2) is 24.0 Å². The SMILES string of the molecule is CCCN(CCCCCCCCCc1ccccc1)C1CCc2c(N)cccc2C1.Cl.Cl. The second-order valence-electron chi connectivity index (χ2n) is 9.13. The van der Waals surface area contributed by atoms with E-state index in [-0.39, 0.29) is 24.8 Å². The minimum Gasteiger partial charge on any atom is -0.398 e. The fraction of sp³-hybridized carbons (Fsp3) is 0.571. The number of anilines is 1. The van der Waals surface area contributed by atoms with Crippen LogP contribution in [0.2, 0.25) is 0 Å². The summed E-state index contributed by atoms with van der Waals surface area (Å²) in [5, 5.41) is 0. The largest absolute Gasteiger partial charge is 0.398 e. The molecule has 1 atom stereocenters. The third kappa shape index (κ3) is 9.33. The Kier molecular flexibility index (Phi) is 14.8. The van der Waals surface area contributed by atoms with Gasteiger partial charge in [-0.3, -0.25) is 0 Å². The first-order valence-corrected chi connectivity index (χ1v) is 12.4. The highest BCUT2D eigenvalue weighted by atomic mass is 35.5. The number of unbranched alkanes of at least 4 members (excludes halogenated alkanes) is 6. The Balaban J connectivity index is 0.00000256. The highest BCUT2D eigenvalue weighted by Gasteiger charge is 2.24. The number of hydrogen-bond donors (Lipinski definition) is 1. The molecule has 0 spiro atoms. The van der Waals surface area contributed by atoms with Gasteiger partial charge < -0.3 is 10.6 Å². The molecule has 0 aliphatic heterocycles. The molecule has 0 aromatic heterocycles. The number of nitrogen functional groups attached to an aromatic ring is 1. The summed E-state index contributed by atoms with van der Waals surface area (Å²) in [5.41, 5.74) is 11.6. The van der Waals surface area contributed by atoms with E-state index in [4.69, 9.17) is 5.73 Å². The molecule has 1 aliphatic rings. The van der Waals surface area contributed by atoms with Crippen molar-refractivity contribution in [1.82, 2.24) is 4.90 Å². The van der Waals surface area contributed by atoms with E-state index in [9.17, 15) is 0 Å². The Hall–Kier alpha value is -1.22. The molecule has 1 aliphatic carbocycles. The van der Waals surface area contributed by atoms with Crippen LogP contribution in [0.5, 0.6) is 0 Å². The van der Waals surface area contributed by atoms with Crippen molar-refractivity contribution in [2.24, 2.45) is 0 Å². The maximum absolute atomic E-state index is 6.19. The fourth-order valence-corrected chi connectivity index (χ4v) is 5.07. The Labute approximate surface area is 209 Å². The van der Waals surface area contributed by atoms with E-state index in [2.05, 4.69) is 60.4 Å². The molecule has 2 N–H and O–H groups in total. The van der Waals surface area contributed by atoms with Crippen molar-refractivity contribution < 1.29 is 0 Å². The zero-order valence-electron chi connectivity index (χ0n) is 19.9. The highest BCUT2D eigenvalue weighted by Crippen LogP contribution is 2.29. The first kappa shape index (κ1) is 28.8. The molecule has 0 bridgehead atoms. The molecule has 0 saturated heterocycles. The molecule has 180 valence electrons. The summed E-state index contributed by atoms with van der Waals surface area (Å²) in [6, 6.07) is 18.1. The van der Waals surface area contributed by atoms with Gasteiger partial charge in [-0.1, -0.05) is 81.5 Å². The molecule has 4 heteroatoms. The van der Waals surface area contributed by atoms with Crippen LogP contribution in [-0.2, 0) is 19.3 Å². The number of rotatable bonds is 13. The van der Waals surface area contributed by atoms with Gasteiger partial charge in [0, 0.05) is 11.7 Å². The lowest BCUT2D eigenvalue weighted by Crippen LogP contribution is -2.40. The van der Waals surface area contributed by atoms with E-state index in [1.54, 1.807) is 0 Å². The number of benzene rings is 2. The summed E-state index contributed by atoms with van der Waals surface area (Å²) in [6.07, 6.45) is 15.7. The van der Waals surface area contributed by atoms with Crippen molar-refractivity contribution in [2.45, 2.75) is 90.0 Å². The van der Waals surface area contributed by atoms with Gasteiger partial charge in [0.1, 0.15) is 0 Å². The zero-order chi connectivity index (χ0) is 21.0. The van der Waals surface area contributed by atoms with Crippen molar-refractivity contribution >= 4 is 30.5 Å². The molecule has 3 rings (SSSR count). The van der Waals surface area contributed by atoms with E-state index in [0.717, 1.165) is 12.1 Å². The topological polar surface area (TPSA) is 29.3 Å². The normalized spacial score (nSPS) is 15.0. The molecule has 0 fully saturated rings. The van der Waals surface area contributed by atoms with Gasteiger partial charge >= 0.3 is 0 Å². The molecule has 2 nitrogen and oxygen atoms in total. The quantitative estimate of drug-likeness (QED) is 0.236. The molecule has 0 heterocycles. The first-order chi connectivity index (χ1) is 14.8. The monoisotopic (exact) mass is 478 g/mol. The van der Waals surface area contributed by atoms with Crippen molar-refractivity contribution in [3.05, 3.63) is 65.2 Å². The number of nitrogens with zero attached hydrogens (tertiary/aromatic N) is 1. The third-order valence-corrected chi connectivity index (χ3v) is 6.77. The lowest BCUT2D eigenvalue weighted by atomic mass is 9.86. The van der Waals surface area contributed by atoms with Crippen molar-refractivity contribution in [2.75, 3.05) is 18.8 Å². The van der Waals surface area contributed by atoms with Gasteiger partial charge in [0.2, 0.25) is 0 Å². The van der Waals surface area contributed by atoms with Crippen LogP contribution >= 0.6 is 24.8 Å². The smallest absolute Gasteiger partial charge is 0.0349 e. The second kappa shape index (κ2) is 16.4. The minimum absolute atomic E-state index is 0. The predicted molar refractivity (Wildman–Crippen MR) is 145 cm³/mol. The number of hydrogen-bond acceptors (Lipinski definition) is 2. The van der Waals surface area contributed by atoms with E-state index < -0.39 is 0 Å². The third-order valence-electron chi connectivity index (χ3n) is 6.77. The van der Waals surface area contributed by atoms with Crippen molar-refractivity contribution in [1.29, 1.82) is 0 Å². The summed E-state index contributed by atoms with van der Waals surface area (Å²) in [5.74, 6) is 0. The van der Waals surface area contributed by atoms with Crippen LogP contribution in [0.4, 0.5) is 5.69 Å². The van der Waals surface area contributed by atoms with E-state index in [1.165, 1.54) is 100 Å². The molecule has 0 radical (unpaired) electrons. The van der Waals surface area contributed by atoms with Gasteiger partial charge in [0.05, 0.1) is 0 Å².